The molecule has 3 rings (SSSR count). The van der Waals surface area contributed by atoms with E-state index >= 15 is 0 Å². The molecular formula is C12H8B3BrN2O4. The lowest BCUT2D eigenvalue weighted by Gasteiger charge is -2.19. The van der Waals surface area contributed by atoms with E-state index in [2.05, 4.69) is 30.7 Å². The Morgan fingerprint density at radius 3 is 2.32 bits per heavy atom. The van der Waals surface area contributed by atoms with Gasteiger partial charge in [-0.15, -0.1) is 0 Å². The molecule has 1 heterocycles. The lowest BCUT2D eigenvalue weighted by molar-refractivity contribution is 0.332. The van der Waals surface area contributed by atoms with Crippen LogP contribution >= 0.6 is 15.9 Å². The van der Waals surface area contributed by atoms with Crippen LogP contribution in [0, 0.1) is 0 Å². The Morgan fingerprint density at radius 2 is 1.59 bits per heavy atom. The summed E-state index contributed by atoms with van der Waals surface area (Å²) in [6.45, 7) is 0. The molecule has 0 aliphatic carbocycles. The summed E-state index contributed by atoms with van der Waals surface area (Å²) in [5, 5.41) is 18.2. The number of hydrogen-bond acceptors (Lipinski definition) is 6. The second-order valence-electron chi connectivity index (χ2n) is 4.35. The average Bonchev–Trinajstić information content (AvgIpc) is 2.56. The summed E-state index contributed by atoms with van der Waals surface area (Å²) in [6.07, 6.45) is 0. The van der Waals surface area contributed by atoms with Crippen molar-refractivity contribution in [3.63, 3.8) is 0 Å². The van der Waals surface area contributed by atoms with Gasteiger partial charge in [-0.05, 0) is 42.5 Å². The molecule has 10 heteroatoms. The van der Waals surface area contributed by atoms with Gasteiger partial charge in [-0.1, -0.05) is 15.9 Å². The number of halogens is 1. The minimum absolute atomic E-state index is 0.0382. The van der Waals surface area contributed by atoms with E-state index in [1.807, 2.05) is 24.3 Å². The van der Waals surface area contributed by atoms with E-state index in [0.717, 1.165) is 25.5 Å². The Kier molecular flexibility index (Phi) is 4.94. The van der Waals surface area contributed by atoms with E-state index in [1.165, 1.54) is 6.07 Å². The molecule has 6 nitrogen and oxygen atoms in total. The third kappa shape index (κ3) is 3.78. The molecule has 0 spiro atoms. The standard InChI is InChI=1S/C12H8B3BrN2O4/c16-8-1-3-9(4-2-8)17-18-10-5-6-12(19)11(7-10)15-21-13-20-14-22-15/h1-7,19H. The van der Waals surface area contributed by atoms with E-state index in [9.17, 15) is 5.11 Å². The smallest absolute Gasteiger partial charge is 0.469 e. The third-order valence-electron chi connectivity index (χ3n) is 2.84. The highest BCUT2D eigenvalue weighted by molar-refractivity contribution is 9.10. The topological polar surface area (TPSA) is 72.6 Å². The van der Waals surface area contributed by atoms with Gasteiger partial charge in [0.15, 0.2) is 0 Å². The minimum Gasteiger partial charge on any atom is -0.508 e. The van der Waals surface area contributed by atoms with Crippen molar-refractivity contribution >= 4 is 55.3 Å². The zero-order valence-corrected chi connectivity index (χ0v) is 12.8. The van der Waals surface area contributed by atoms with Crippen molar-refractivity contribution in [3.8, 4) is 5.75 Å². The van der Waals surface area contributed by atoms with Crippen LogP contribution in [0.3, 0.4) is 0 Å². The first-order valence-corrected chi connectivity index (χ1v) is 7.12. The second-order valence-corrected chi connectivity index (χ2v) is 5.27. The number of phenolic OH excluding ortho intramolecular Hbond substituents is 1. The van der Waals surface area contributed by atoms with Crippen LogP contribution in [0.5, 0.6) is 5.75 Å². The van der Waals surface area contributed by atoms with Gasteiger partial charge in [0.1, 0.15) is 5.75 Å². The molecule has 0 aromatic heterocycles. The number of rotatable bonds is 3. The molecule has 106 valence electrons. The summed E-state index contributed by atoms with van der Waals surface area (Å²) in [5.74, 6) is 0.0382. The molecule has 2 aromatic rings. The summed E-state index contributed by atoms with van der Waals surface area (Å²) >= 11 is 3.36. The number of benzene rings is 2. The Morgan fingerprint density at radius 1 is 0.955 bits per heavy atom. The zero-order valence-electron chi connectivity index (χ0n) is 11.2. The quantitative estimate of drug-likeness (QED) is 0.677. The van der Waals surface area contributed by atoms with Crippen molar-refractivity contribution in [2.75, 3.05) is 0 Å². The average molecular weight is 357 g/mol. The van der Waals surface area contributed by atoms with E-state index in [1.54, 1.807) is 12.1 Å². The van der Waals surface area contributed by atoms with Gasteiger partial charge in [0.2, 0.25) is 0 Å². The zero-order chi connectivity index (χ0) is 15.4. The fraction of sp³-hybridized carbons (Fsp3) is 0. The first kappa shape index (κ1) is 15.3. The van der Waals surface area contributed by atoms with Gasteiger partial charge < -0.3 is 18.8 Å². The van der Waals surface area contributed by atoms with E-state index in [0.29, 0.717) is 11.2 Å². The largest absolute Gasteiger partial charge is 0.508 e. The lowest BCUT2D eigenvalue weighted by Crippen LogP contribution is -2.44. The van der Waals surface area contributed by atoms with Crippen molar-refractivity contribution in [2.45, 2.75) is 0 Å². The molecule has 2 aromatic carbocycles. The Labute approximate surface area is 137 Å². The number of nitrogens with zero attached hydrogens (tertiary/aromatic N) is 2. The highest BCUT2D eigenvalue weighted by Crippen LogP contribution is 2.22. The predicted octanol–water partition coefficient (Wildman–Crippen LogP) is 2.40. The fourth-order valence-corrected chi connectivity index (χ4v) is 2.05. The maximum Gasteiger partial charge on any atom is 0.469 e. The van der Waals surface area contributed by atoms with Gasteiger partial charge in [0.05, 0.1) is 11.4 Å². The summed E-state index contributed by atoms with van der Waals surface area (Å²) < 4.78 is 15.9. The number of aromatic hydroxyl groups is 1. The van der Waals surface area contributed by atoms with Crippen LogP contribution in [-0.4, -0.2) is 27.6 Å². The molecule has 1 N–H and O–H groups in total. The van der Waals surface area contributed by atoms with Gasteiger partial charge in [-0.2, -0.15) is 10.2 Å². The van der Waals surface area contributed by atoms with Crippen molar-refractivity contribution < 1.29 is 18.8 Å². The van der Waals surface area contributed by atoms with E-state index < -0.39 is 7.12 Å². The van der Waals surface area contributed by atoms with Crippen LogP contribution in [0.1, 0.15) is 0 Å². The van der Waals surface area contributed by atoms with Crippen LogP contribution < -0.4 is 5.46 Å². The molecule has 2 radical (unpaired) electrons. The number of phenols is 1. The summed E-state index contributed by atoms with van der Waals surface area (Å²) in [5.41, 5.74) is 1.72. The predicted molar refractivity (Wildman–Crippen MR) is 86.6 cm³/mol. The first-order valence-electron chi connectivity index (χ1n) is 6.32. The van der Waals surface area contributed by atoms with E-state index in [4.69, 9.17) is 9.14 Å². The normalized spacial score (nSPS) is 14.7. The molecule has 0 saturated carbocycles. The maximum absolute atomic E-state index is 9.90. The van der Waals surface area contributed by atoms with Gasteiger partial charge in [-0.3, -0.25) is 0 Å². The summed E-state index contributed by atoms with van der Waals surface area (Å²) in [6, 6.07) is 12.2. The Hall–Kier alpha value is -1.61. The van der Waals surface area contributed by atoms with Crippen molar-refractivity contribution in [2.24, 2.45) is 10.2 Å². The maximum atomic E-state index is 9.90. The van der Waals surface area contributed by atoms with Gasteiger partial charge >= 0.3 is 22.5 Å². The van der Waals surface area contributed by atoms with Crippen molar-refractivity contribution in [1.29, 1.82) is 0 Å². The highest BCUT2D eigenvalue weighted by atomic mass is 79.9. The summed E-state index contributed by atoms with van der Waals surface area (Å²) in [7, 11) is 1.48. The van der Waals surface area contributed by atoms with Crippen LogP contribution in [0.15, 0.2) is 57.2 Å². The third-order valence-corrected chi connectivity index (χ3v) is 3.37. The number of azo groups is 1. The monoisotopic (exact) mass is 356 g/mol. The van der Waals surface area contributed by atoms with Crippen LogP contribution in [0.25, 0.3) is 0 Å². The minimum atomic E-state index is -0.781. The van der Waals surface area contributed by atoms with E-state index in [-0.39, 0.29) is 5.75 Å². The molecule has 22 heavy (non-hydrogen) atoms. The molecule has 0 amide bonds. The van der Waals surface area contributed by atoms with Gasteiger partial charge in [0, 0.05) is 9.94 Å². The fourth-order valence-electron chi connectivity index (χ4n) is 1.78. The molecule has 0 unspecified atom stereocenters. The Bertz CT molecular complexity index is 681. The molecule has 0 atom stereocenters. The SMILES string of the molecule is Oc1ccc(N=Nc2ccc(Br)cc2)cc1B1O[B]O[B]O1. The molecule has 1 aliphatic rings. The van der Waals surface area contributed by atoms with Gasteiger partial charge in [-0.25, -0.2) is 0 Å². The molecular weight excluding hydrogens is 348 g/mol. The van der Waals surface area contributed by atoms with Crippen LogP contribution in [0.4, 0.5) is 11.4 Å². The molecule has 1 aliphatic heterocycles. The van der Waals surface area contributed by atoms with Crippen LogP contribution in [0.2, 0.25) is 0 Å². The molecule has 1 fully saturated rings. The number of hydrogen-bond donors (Lipinski definition) is 1. The van der Waals surface area contributed by atoms with Crippen molar-refractivity contribution in [1.82, 2.24) is 0 Å². The lowest BCUT2D eigenvalue weighted by atomic mass is 9.74. The Balaban J connectivity index is 1.80. The van der Waals surface area contributed by atoms with Gasteiger partial charge in [0.25, 0.3) is 0 Å². The first-order chi connectivity index (χ1) is 10.7. The summed E-state index contributed by atoms with van der Waals surface area (Å²) in [4.78, 5) is 0. The second kappa shape index (κ2) is 7.10. The molecule has 1 saturated heterocycles. The van der Waals surface area contributed by atoms with Crippen LogP contribution in [-0.2, 0) is 13.7 Å². The van der Waals surface area contributed by atoms with Crippen molar-refractivity contribution in [3.05, 3.63) is 46.9 Å². The highest BCUT2D eigenvalue weighted by Gasteiger charge is 2.29. The molecule has 0 bridgehead atoms.